The molecule has 6 heteroatoms. The number of pyridine rings is 1. The van der Waals surface area contributed by atoms with Gasteiger partial charge in [-0.1, -0.05) is 6.92 Å². The largest absolute Gasteiger partial charge is 0.433 e. The van der Waals surface area contributed by atoms with Crippen LogP contribution in [0.4, 0.5) is 18.9 Å². The van der Waals surface area contributed by atoms with Crippen molar-refractivity contribution in [3.05, 3.63) is 24.0 Å². The van der Waals surface area contributed by atoms with Crippen molar-refractivity contribution in [1.29, 1.82) is 0 Å². The molecule has 2 atom stereocenters. The van der Waals surface area contributed by atoms with Crippen molar-refractivity contribution < 1.29 is 13.2 Å². The third-order valence-electron chi connectivity index (χ3n) is 4.03. The Hall–Kier alpha value is -1.30. The first-order chi connectivity index (χ1) is 9.25. The van der Waals surface area contributed by atoms with Crippen LogP contribution in [0.15, 0.2) is 18.3 Å². The van der Waals surface area contributed by atoms with E-state index in [2.05, 4.69) is 36.0 Å². The third-order valence-corrected chi connectivity index (χ3v) is 4.03. The van der Waals surface area contributed by atoms with E-state index in [0.717, 1.165) is 31.3 Å². The van der Waals surface area contributed by atoms with Gasteiger partial charge < -0.3 is 10.2 Å². The first-order valence-electron chi connectivity index (χ1n) is 6.80. The van der Waals surface area contributed by atoms with Crippen molar-refractivity contribution in [1.82, 2.24) is 10.3 Å². The quantitative estimate of drug-likeness (QED) is 0.906. The Morgan fingerprint density at radius 1 is 1.45 bits per heavy atom. The van der Waals surface area contributed by atoms with Crippen LogP contribution in [0.2, 0.25) is 0 Å². The van der Waals surface area contributed by atoms with E-state index in [1.807, 2.05) is 0 Å². The van der Waals surface area contributed by atoms with Gasteiger partial charge in [-0.15, -0.1) is 0 Å². The lowest BCUT2D eigenvalue weighted by molar-refractivity contribution is -0.141. The van der Waals surface area contributed by atoms with Crippen LogP contribution in [0, 0.1) is 0 Å². The highest BCUT2D eigenvalue weighted by atomic mass is 19.4. The molecular weight excluding hydrogens is 267 g/mol. The molecule has 1 aliphatic rings. The lowest BCUT2D eigenvalue weighted by atomic mass is 9.93. The molecule has 0 aromatic carbocycles. The maximum atomic E-state index is 12.5. The Morgan fingerprint density at radius 2 is 2.15 bits per heavy atom. The number of hydrogen-bond donors (Lipinski definition) is 1. The molecule has 112 valence electrons. The van der Waals surface area contributed by atoms with Crippen molar-refractivity contribution in [3.8, 4) is 0 Å². The summed E-state index contributed by atoms with van der Waals surface area (Å²) < 4.78 is 37.6. The number of rotatable bonds is 2. The monoisotopic (exact) mass is 287 g/mol. The molecule has 1 aromatic rings. The summed E-state index contributed by atoms with van der Waals surface area (Å²) in [6, 6.07) is 2.79. The SMILES string of the molecule is CCC1(C)CN(c2ccc(C(F)(F)F)nc2)C(C)CN1. The number of aromatic nitrogens is 1. The number of nitrogens with zero attached hydrogens (tertiary/aromatic N) is 2. The topological polar surface area (TPSA) is 28.2 Å². The highest BCUT2D eigenvalue weighted by molar-refractivity contribution is 5.47. The molecule has 2 unspecified atom stereocenters. The molecule has 1 N–H and O–H groups in total. The van der Waals surface area contributed by atoms with Crippen molar-refractivity contribution in [2.45, 2.75) is 44.9 Å². The van der Waals surface area contributed by atoms with Crippen molar-refractivity contribution in [2.75, 3.05) is 18.0 Å². The van der Waals surface area contributed by atoms with Crippen LogP contribution in [0.1, 0.15) is 32.9 Å². The molecule has 0 bridgehead atoms. The third kappa shape index (κ3) is 3.06. The second-order valence-corrected chi connectivity index (χ2v) is 5.67. The van der Waals surface area contributed by atoms with Crippen LogP contribution in [0.3, 0.4) is 0 Å². The Kier molecular flexibility index (Phi) is 3.95. The lowest BCUT2D eigenvalue weighted by Crippen LogP contribution is -2.62. The minimum absolute atomic E-state index is 0.0186. The first kappa shape index (κ1) is 15.1. The molecular formula is C14H20F3N3. The van der Waals surface area contributed by atoms with E-state index in [1.165, 1.54) is 12.3 Å². The van der Waals surface area contributed by atoms with Crippen LogP contribution < -0.4 is 10.2 Å². The predicted molar refractivity (Wildman–Crippen MR) is 72.7 cm³/mol. The molecule has 2 rings (SSSR count). The highest BCUT2D eigenvalue weighted by Crippen LogP contribution is 2.30. The summed E-state index contributed by atoms with van der Waals surface area (Å²) in [5, 5.41) is 3.49. The Labute approximate surface area is 117 Å². The van der Waals surface area contributed by atoms with E-state index >= 15 is 0 Å². The molecule has 20 heavy (non-hydrogen) atoms. The zero-order valence-electron chi connectivity index (χ0n) is 12.0. The van der Waals surface area contributed by atoms with Crippen LogP contribution in [0.5, 0.6) is 0 Å². The summed E-state index contributed by atoms with van der Waals surface area (Å²) in [7, 11) is 0. The van der Waals surface area contributed by atoms with Gasteiger partial charge in [-0.3, -0.25) is 0 Å². The number of anilines is 1. The average Bonchev–Trinajstić information content (AvgIpc) is 2.41. The van der Waals surface area contributed by atoms with Gasteiger partial charge in [0.05, 0.1) is 11.9 Å². The number of piperazine rings is 1. The standard InChI is InChI=1S/C14H20F3N3/c1-4-13(3)9-20(10(2)7-19-13)11-5-6-12(18-8-11)14(15,16)17/h5-6,8,10,19H,4,7,9H2,1-3H3. The van der Waals surface area contributed by atoms with Crippen molar-refractivity contribution >= 4 is 5.69 Å². The van der Waals surface area contributed by atoms with E-state index in [4.69, 9.17) is 0 Å². The molecule has 1 saturated heterocycles. The summed E-state index contributed by atoms with van der Waals surface area (Å²) in [6.45, 7) is 7.86. The summed E-state index contributed by atoms with van der Waals surface area (Å²) in [6.07, 6.45) is -2.10. The molecule has 0 amide bonds. The van der Waals surface area contributed by atoms with Crippen LogP contribution >= 0.6 is 0 Å². The van der Waals surface area contributed by atoms with Gasteiger partial charge in [0.1, 0.15) is 5.69 Å². The predicted octanol–water partition coefficient (Wildman–Crippen LogP) is 3.07. The Morgan fingerprint density at radius 3 is 2.65 bits per heavy atom. The van der Waals surface area contributed by atoms with E-state index in [-0.39, 0.29) is 11.6 Å². The smallest absolute Gasteiger partial charge is 0.364 e. The zero-order valence-corrected chi connectivity index (χ0v) is 12.0. The molecule has 1 fully saturated rings. The summed E-state index contributed by atoms with van der Waals surface area (Å²) in [5.41, 5.74) is -0.121. The molecule has 1 aromatic heterocycles. The Bertz CT molecular complexity index is 458. The molecule has 0 spiro atoms. The van der Waals surface area contributed by atoms with Gasteiger partial charge in [0, 0.05) is 24.7 Å². The van der Waals surface area contributed by atoms with E-state index in [0.29, 0.717) is 0 Å². The summed E-state index contributed by atoms with van der Waals surface area (Å²) in [5.74, 6) is 0. The lowest BCUT2D eigenvalue weighted by Gasteiger charge is -2.46. The van der Waals surface area contributed by atoms with Crippen LogP contribution in [0.25, 0.3) is 0 Å². The second kappa shape index (κ2) is 5.24. The van der Waals surface area contributed by atoms with Gasteiger partial charge in [0.15, 0.2) is 0 Å². The molecule has 3 nitrogen and oxygen atoms in total. The fourth-order valence-electron chi connectivity index (χ4n) is 2.40. The number of hydrogen-bond acceptors (Lipinski definition) is 3. The number of halogens is 3. The number of nitrogens with one attached hydrogen (secondary N) is 1. The molecule has 2 heterocycles. The van der Waals surface area contributed by atoms with E-state index < -0.39 is 11.9 Å². The Balaban J connectivity index is 2.21. The van der Waals surface area contributed by atoms with E-state index in [1.54, 1.807) is 0 Å². The minimum atomic E-state index is -4.38. The van der Waals surface area contributed by atoms with Gasteiger partial charge >= 0.3 is 6.18 Å². The van der Waals surface area contributed by atoms with Gasteiger partial charge in [-0.25, -0.2) is 4.98 Å². The molecule has 0 aliphatic carbocycles. The normalized spacial score (nSPS) is 27.7. The summed E-state index contributed by atoms with van der Waals surface area (Å²) >= 11 is 0. The minimum Gasteiger partial charge on any atom is -0.364 e. The highest BCUT2D eigenvalue weighted by Gasteiger charge is 2.34. The second-order valence-electron chi connectivity index (χ2n) is 5.67. The fourth-order valence-corrected chi connectivity index (χ4v) is 2.40. The van der Waals surface area contributed by atoms with Gasteiger partial charge in [-0.2, -0.15) is 13.2 Å². The van der Waals surface area contributed by atoms with E-state index in [9.17, 15) is 13.2 Å². The van der Waals surface area contributed by atoms with Crippen molar-refractivity contribution in [2.24, 2.45) is 0 Å². The first-order valence-corrected chi connectivity index (χ1v) is 6.80. The zero-order chi connectivity index (χ0) is 15.0. The molecule has 0 saturated carbocycles. The van der Waals surface area contributed by atoms with Crippen LogP contribution in [-0.2, 0) is 6.18 Å². The molecule has 1 aliphatic heterocycles. The number of alkyl halides is 3. The maximum Gasteiger partial charge on any atom is 0.433 e. The maximum absolute atomic E-state index is 12.5. The van der Waals surface area contributed by atoms with Gasteiger partial charge in [-0.05, 0) is 32.4 Å². The fraction of sp³-hybridized carbons (Fsp3) is 0.643. The van der Waals surface area contributed by atoms with Gasteiger partial charge in [0.25, 0.3) is 0 Å². The van der Waals surface area contributed by atoms with Crippen molar-refractivity contribution in [3.63, 3.8) is 0 Å². The average molecular weight is 287 g/mol. The van der Waals surface area contributed by atoms with Crippen LogP contribution in [-0.4, -0.2) is 29.7 Å². The molecule has 0 radical (unpaired) electrons. The van der Waals surface area contributed by atoms with Gasteiger partial charge in [0.2, 0.25) is 0 Å². The summed E-state index contributed by atoms with van der Waals surface area (Å²) in [4.78, 5) is 5.66.